The van der Waals surface area contributed by atoms with Gasteiger partial charge < -0.3 is 14.3 Å². The number of aliphatic hydroxyl groups excluding tert-OH is 1. The molecule has 0 bridgehead atoms. The Hall–Kier alpha value is -2.18. The Balaban J connectivity index is 1.70. The number of aryl methyl sites for hydroxylation is 1. The van der Waals surface area contributed by atoms with Crippen LogP contribution < -0.4 is 4.74 Å². The Kier molecular flexibility index (Phi) is 3.98. The molecule has 0 unspecified atom stereocenters. The molecule has 0 radical (unpaired) electrons. The van der Waals surface area contributed by atoms with Crippen LogP contribution in [0.15, 0.2) is 40.3 Å². The SMILES string of the molecule is Cc1oc(-c2cccs2)nc1COc1ccc(CO)nc1. The minimum atomic E-state index is -0.0765. The molecule has 3 aromatic heterocycles. The largest absolute Gasteiger partial charge is 0.486 e. The van der Waals surface area contributed by atoms with E-state index in [1.54, 1.807) is 29.7 Å². The third-order valence-electron chi connectivity index (χ3n) is 2.96. The van der Waals surface area contributed by atoms with E-state index in [0.717, 1.165) is 16.3 Å². The molecule has 3 heterocycles. The minimum absolute atomic E-state index is 0.0765. The van der Waals surface area contributed by atoms with Gasteiger partial charge in [-0.1, -0.05) is 6.07 Å². The van der Waals surface area contributed by atoms with E-state index in [0.29, 0.717) is 23.9 Å². The third kappa shape index (κ3) is 3.12. The summed E-state index contributed by atoms with van der Waals surface area (Å²) in [6.07, 6.45) is 1.58. The molecule has 0 aromatic carbocycles. The highest BCUT2D eigenvalue weighted by Crippen LogP contribution is 2.26. The Morgan fingerprint density at radius 1 is 1.33 bits per heavy atom. The van der Waals surface area contributed by atoms with Crippen molar-refractivity contribution >= 4 is 11.3 Å². The molecule has 108 valence electrons. The zero-order chi connectivity index (χ0) is 14.7. The van der Waals surface area contributed by atoms with Gasteiger partial charge in [0.05, 0.1) is 23.4 Å². The zero-order valence-electron chi connectivity index (χ0n) is 11.4. The summed E-state index contributed by atoms with van der Waals surface area (Å²) in [5.74, 6) is 2.00. The molecule has 0 aliphatic carbocycles. The lowest BCUT2D eigenvalue weighted by molar-refractivity contribution is 0.274. The summed E-state index contributed by atoms with van der Waals surface area (Å²) < 4.78 is 11.3. The number of pyridine rings is 1. The summed E-state index contributed by atoms with van der Waals surface area (Å²) in [6.45, 7) is 2.11. The van der Waals surface area contributed by atoms with Crippen molar-refractivity contribution in [2.24, 2.45) is 0 Å². The standard InChI is InChI=1S/C15H14N2O3S/c1-10-13(17-15(20-10)14-3-2-6-21-14)9-19-12-5-4-11(8-18)16-7-12/h2-7,18H,8-9H2,1H3. The molecular formula is C15H14N2O3S. The number of thiophene rings is 1. The number of nitrogens with zero attached hydrogens (tertiary/aromatic N) is 2. The lowest BCUT2D eigenvalue weighted by atomic mass is 10.3. The first-order chi connectivity index (χ1) is 10.3. The van der Waals surface area contributed by atoms with Crippen molar-refractivity contribution in [2.45, 2.75) is 20.1 Å². The highest BCUT2D eigenvalue weighted by molar-refractivity contribution is 7.13. The predicted octanol–water partition coefficient (Wildman–Crippen LogP) is 3.18. The quantitative estimate of drug-likeness (QED) is 0.784. The van der Waals surface area contributed by atoms with Crippen molar-refractivity contribution in [3.05, 3.63) is 53.0 Å². The van der Waals surface area contributed by atoms with Crippen molar-refractivity contribution in [2.75, 3.05) is 0 Å². The van der Waals surface area contributed by atoms with Gasteiger partial charge in [0.2, 0.25) is 5.89 Å². The van der Waals surface area contributed by atoms with Crippen LogP contribution in [0, 0.1) is 6.92 Å². The van der Waals surface area contributed by atoms with Crippen LogP contribution in [0.1, 0.15) is 17.1 Å². The van der Waals surface area contributed by atoms with Crippen molar-refractivity contribution in [3.63, 3.8) is 0 Å². The van der Waals surface area contributed by atoms with Gasteiger partial charge in [-0.2, -0.15) is 0 Å². The van der Waals surface area contributed by atoms with Crippen LogP contribution in [-0.2, 0) is 13.2 Å². The topological polar surface area (TPSA) is 68.4 Å². The van der Waals surface area contributed by atoms with Crippen LogP contribution in [0.4, 0.5) is 0 Å². The second-order valence-electron chi connectivity index (χ2n) is 4.43. The van der Waals surface area contributed by atoms with Crippen molar-refractivity contribution in [1.29, 1.82) is 0 Å². The molecule has 0 spiro atoms. The second-order valence-corrected chi connectivity index (χ2v) is 5.38. The molecule has 0 atom stereocenters. The normalized spacial score (nSPS) is 10.8. The van der Waals surface area contributed by atoms with Crippen molar-refractivity contribution < 1.29 is 14.3 Å². The second kappa shape index (κ2) is 6.07. The zero-order valence-corrected chi connectivity index (χ0v) is 12.3. The van der Waals surface area contributed by atoms with Gasteiger partial charge in [-0.15, -0.1) is 11.3 Å². The molecule has 0 amide bonds. The molecule has 0 saturated heterocycles. The number of rotatable bonds is 5. The average molecular weight is 302 g/mol. The van der Waals surface area contributed by atoms with Gasteiger partial charge in [-0.3, -0.25) is 4.98 Å². The lowest BCUT2D eigenvalue weighted by Gasteiger charge is -2.04. The Bertz CT molecular complexity index is 705. The summed E-state index contributed by atoms with van der Waals surface area (Å²) in [5, 5.41) is 10.9. The molecule has 5 nitrogen and oxygen atoms in total. The number of oxazole rings is 1. The summed E-state index contributed by atoms with van der Waals surface area (Å²) in [5.41, 5.74) is 1.38. The maximum absolute atomic E-state index is 8.94. The molecule has 0 aliphatic rings. The number of hydrogen-bond acceptors (Lipinski definition) is 6. The van der Waals surface area contributed by atoms with E-state index in [1.807, 2.05) is 24.4 Å². The minimum Gasteiger partial charge on any atom is -0.486 e. The fourth-order valence-corrected chi connectivity index (χ4v) is 2.46. The van der Waals surface area contributed by atoms with Gasteiger partial charge in [0, 0.05) is 0 Å². The fourth-order valence-electron chi connectivity index (χ4n) is 1.81. The van der Waals surface area contributed by atoms with E-state index in [4.69, 9.17) is 14.3 Å². The fraction of sp³-hybridized carbons (Fsp3) is 0.200. The molecule has 0 saturated carbocycles. The number of hydrogen-bond donors (Lipinski definition) is 1. The molecule has 3 rings (SSSR count). The van der Waals surface area contributed by atoms with Crippen LogP contribution in [0.25, 0.3) is 10.8 Å². The van der Waals surface area contributed by atoms with Crippen LogP contribution in [-0.4, -0.2) is 15.1 Å². The predicted molar refractivity (Wildman–Crippen MR) is 79.0 cm³/mol. The van der Waals surface area contributed by atoms with Crippen LogP contribution in [0.3, 0.4) is 0 Å². The van der Waals surface area contributed by atoms with E-state index < -0.39 is 0 Å². The van der Waals surface area contributed by atoms with Gasteiger partial charge in [0.25, 0.3) is 0 Å². The maximum Gasteiger partial charge on any atom is 0.236 e. The monoisotopic (exact) mass is 302 g/mol. The summed E-state index contributed by atoms with van der Waals surface area (Å²) in [4.78, 5) is 9.52. The highest BCUT2D eigenvalue weighted by atomic mass is 32.1. The third-order valence-corrected chi connectivity index (χ3v) is 3.82. The van der Waals surface area contributed by atoms with Gasteiger partial charge >= 0.3 is 0 Å². The van der Waals surface area contributed by atoms with Crippen LogP contribution in [0.5, 0.6) is 5.75 Å². The van der Waals surface area contributed by atoms with Crippen LogP contribution >= 0.6 is 11.3 Å². The van der Waals surface area contributed by atoms with Crippen LogP contribution in [0.2, 0.25) is 0 Å². The summed E-state index contributed by atoms with van der Waals surface area (Å²) in [6, 6.07) is 7.43. The van der Waals surface area contributed by atoms with Crippen molar-refractivity contribution in [1.82, 2.24) is 9.97 Å². The average Bonchev–Trinajstić information content (AvgIpc) is 3.15. The summed E-state index contributed by atoms with van der Waals surface area (Å²) >= 11 is 1.59. The molecule has 21 heavy (non-hydrogen) atoms. The molecule has 0 aliphatic heterocycles. The van der Waals surface area contributed by atoms with E-state index in [9.17, 15) is 0 Å². The van der Waals surface area contributed by atoms with E-state index >= 15 is 0 Å². The highest BCUT2D eigenvalue weighted by Gasteiger charge is 2.12. The Morgan fingerprint density at radius 3 is 2.90 bits per heavy atom. The molecule has 0 fully saturated rings. The van der Waals surface area contributed by atoms with Gasteiger partial charge in [0.1, 0.15) is 23.8 Å². The summed E-state index contributed by atoms with van der Waals surface area (Å²) in [7, 11) is 0. The van der Waals surface area contributed by atoms with E-state index in [-0.39, 0.29) is 6.61 Å². The number of aromatic nitrogens is 2. The smallest absolute Gasteiger partial charge is 0.236 e. The van der Waals surface area contributed by atoms with E-state index in [1.165, 1.54) is 0 Å². The first kappa shape index (κ1) is 13.8. The Labute approximate surface area is 125 Å². The van der Waals surface area contributed by atoms with Gasteiger partial charge in [0.15, 0.2) is 0 Å². The molecule has 6 heteroatoms. The van der Waals surface area contributed by atoms with Gasteiger partial charge in [-0.05, 0) is 30.5 Å². The Morgan fingerprint density at radius 2 is 2.24 bits per heavy atom. The molecule has 3 aromatic rings. The molecular weight excluding hydrogens is 288 g/mol. The lowest BCUT2D eigenvalue weighted by Crippen LogP contribution is -1.98. The van der Waals surface area contributed by atoms with Crippen molar-refractivity contribution in [3.8, 4) is 16.5 Å². The first-order valence-corrected chi connectivity index (χ1v) is 7.33. The number of aliphatic hydroxyl groups is 1. The first-order valence-electron chi connectivity index (χ1n) is 6.45. The van der Waals surface area contributed by atoms with Gasteiger partial charge in [-0.25, -0.2) is 4.98 Å². The molecule has 1 N–H and O–H groups in total. The maximum atomic E-state index is 8.94. The number of ether oxygens (including phenoxy) is 1. The van der Waals surface area contributed by atoms with E-state index in [2.05, 4.69) is 9.97 Å².